The topological polar surface area (TPSA) is 69.0 Å². The summed E-state index contributed by atoms with van der Waals surface area (Å²) in [5.74, 6) is -0.413. The summed E-state index contributed by atoms with van der Waals surface area (Å²) in [4.78, 5) is 13.9. The van der Waals surface area contributed by atoms with E-state index in [-0.39, 0.29) is 10.5 Å². The highest BCUT2D eigenvalue weighted by Crippen LogP contribution is 2.30. The molecule has 4 aromatic carbocycles. The highest BCUT2D eigenvalue weighted by atomic mass is 32.2. The van der Waals surface area contributed by atoms with Crippen LogP contribution in [0.5, 0.6) is 0 Å². The van der Waals surface area contributed by atoms with E-state index in [0.717, 1.165) is 17.4 Å². The minimum absolute atomic E-state index is 0.175. The molecule has 0 aliphatic carbocycles. The smallest absolute Gasteiger partial charge is 0.267 e. The molecule has 178 valence electrons. The average molecular weight is 497 g/mol. The molecule has 5 rings (SSSR count). The summed E-state index contributed by atoms with van der Waals surface area (Å²) in [7, 11) is -3.37. The van der Waals surface area contributed by atoms with Gasteiger partial charge in [-0.1, -0.05) is 66.7 Å². The zero-order valence-electron chi connectivity index (χ0n) is 19.3. The van der Waals surface area contributed by atoms with Gasteiger partial charge in [0.05, 0.1) is 22.3 Å². The monoisotopic (exact) mass is 496 g/mol. The molecule has 0 aliphatic heterocycles. The lowest BCUT2D eigenvalue weighted by atomic mass is 9.97. The van der Waals surface area contributed by atoms with Crippen LogP contribution in [0.1, 0.15) is 0 Å². The van der Waals surface area contributed by atoms with Gasteiger partial charge < -0.3 is 0 Å². The molecular weight excluding hydrogens is 475 g/mol. The molecule has 0 spiro atoms. The second-order valence-corrected chi connectivity index (χ2v) is 10.4. The fraction of sp³-hybridized carbons (Fsp3) is 0.0345. The van der Waals surface area contributed by atoms with Crippen molar-refractivity contribution in [3.8, 4) is 39.1 Å². The molecule has 36 heavy (non-hydrogen) atoms. The van der Waals surface area contributed by atoms with Gasteiger partial charge in [0.25, 0.3) is 5.56 Å². The van der Waals surface area contributed by atoms with Crippen LogP contribution >= 0.6 is 0 Å². The molecule has 0 fully saturated rings. The van der Waals surface area contributed by atoms with Crippen molar-refractivity contribution in [2.24, 2.45) is 0 Å². The Labute approximate surface area is 208 Å². The van der Waals surface area contributed by atoms with Crippen molar-refractivity contribution in [2.45, 2.75) is 4.90 Å². The van der Waals surface area contributed by atoms with Crippen molar-refractivity contribution in [2.75, 3.05) is 6.26 Å². The third kappa shape index (κ3) is 4.61. The summed E-state index contributed by atoms with van der Waals surface area (Å²) >= 11 is 0. The second kappa shape index (κ2) is 9.36. The van der Waals surface area contributed by atoms with Crippen LogP contribution < -0.4 is 5.56 Å². The van der Waals surface area contributed by atoms with Crippen molar-refractivity contribution in [1.82, 2.24) is 9.78 Å². The Balaban J connectivity index is 1.64. The predicted octanol–water partition coefficient (Wildman–Crippen LogP) is 5.78. The number of aromatic nitrogens is 2. The second-order valence-electron chi connectivity index (χ2n) is 8.37. The van der Waals surface area contributed by atoms with Crippen molar-refractivity contribution < 1.29 is 12.8 Å². The molecule has 0 aliphatic rings. The Morgan fingerprint density at radius 3 is 1.86 bits per heavy atom. The Morgan fingerprint density at radius 2 is 1.25 bits per heavy atom. The standard InChI is InChI=1S/C29H21FN2O3S/c1-36(34,35)26-17-11-22(12-18-26)27-19-31-32(29(33)28(27)23-7-13-24(30)14-8-23)25-15-9-21(10-16-25)20-5-3-2-4-6-20/h2-19H,1H3. The van der Waals surface area contributed by atoms with E-state index in [9.17, 15) is 17.6 Å². The zero-order chi connectivity index (χ0) is 25.3. The molecule has 0 radical (unpaired) electrons. The molecule has 0 amide bonds. The molecule has 0 atom stereocenters. The number of nitrogens with zero attached hydrogens (tertiary/aromatic N) is 2. The maximum atomic E-state index is 13.7. The van der Waals surface area contributed by atoms with Gasteiger partial charge >= 0.3 is 0 Å². The molecule has 0 saturated heterocycles. The van der Waals surface area contributed by atoms with Gasteiger partial charge in [-0.2, -0.15) is 9.78 Å². The summed E-state index contributed by atoms with van der Waals surface area (Å²) in [6.07, 6.45) is 2.71. The predicted molar refractivity (Wildman–Crippen MR) is 139 cm³/mol. The van der Waals surface area contributed by atoms with Crippen LogP contribution in [0.4, 0.5) is 4.39 Å². The van der Waals surface area contributed by atoms with Gasteiger partial charge in [0.15, 0.2) is 9.84 Å². The molecule has 7 heteroatoms. The normalized spacial score (nSPS) is 11.4. The summed E-state index contributed by atoms with van der Waals surface area (Å²) in [5.41, 5.74) is 4.28. The molecule has 5 nitrogen and oxygen atoms in total. The van der Waals surface area contributed by atoms with E-state index in [1.807, 2.05) is 54.6 Å². The average Bonchev–Trinajstić information content (AvgIpc) is 2.89. The maximum absolute atomic E-state index is 13.7. The van der Waals surface area contributed by atoms with E-state index in [0.29, 0.717) is 27.9 Å². The first-order valence-electron chi connectivity index (χ1n) is 11.2. The quantitative estimate of drug-likeness (QED) is 0.310. The van der Waals surface area contributed by atoms with E-state index < -0.39 is 15.7 Å². The van der Waals surface area contributed by atoms with E-state index in [2.05, 4.69) is 5.10 Å². The molecule has 0 bridgehead atoms. The largest absolute Gasteiger partial charge is 0.279 e. The third-order valence-corrected chi connectivity index (χ3v) is 7.05. The maximum Gasteiger partial charge on any atom is 0.279 e. The number of sulfone groups is 1. The lowest BCUT2D eigenvalue weighted by Crippen LogP contribution is -2.23. The third-order valence-electron chi connectivity index (χ3n) is 5.92. The first kappa shape index (κ1) is 23.4. The van der Waals surface area contributed by atoms with Crippen molar-refractivity contribution >= 4 is 9.84 Å². The van der Waals surface area contributed by atoms with Gasteiger partial charge in [-0.05, 0) is 58.7 Å². The number of halogens is 1. The first-order chi connectivity index (χ1) is 17.3. The molecular formula is C29H21FN2O3S. The summed E-state index contributed by atoms with van der Waals surface area (Å²) in [5, 5.41) is 4.41. The fourth-order valence-electron chi connectivity index (χ4n) is 4.06. The van der Waals surface area contributed by atoms with E-state index in [4.69, 9.17) is 0 Å². The lowest BCUT2D eigenvalue weighted by molar-refractivity contribution is 0.602. The number of rotatable bonds is 5. The van der Waals surface area contributed by atoms with Gasteiger partial charge in [-0.15, -0.1) is 0 Å². The molecule has 1 aromatic heterocycles. The minimum atomic E-state index is -3.37. The molecule has 0 unspecified atom stereocenters. The Bertz CT molecular complexity index is 1690. The Morgan fingerprint density at radius 1 is 0.694 bits per heavy atom. The van der Waals surface area contributed by atoms with Crippen LogP contribution in [-0.2, 0) is 9.84 Å². The lowest BCUT2D eigenvalue weighted by Gasteiger charge is -2.13. The minimum Gasteiger partial charge on any atom is -0.267 e. The van der Waals surface area contributed by atoms with Crippen LogP contribution in [0.15, 0.2) is 119 Å². The number of hydrogen-bond donors (Lipinski definition) is 0. The van der Waals surface area contributed by atoms with Crippen molar-refractivity contribution in [1.29, 1.82) is 0 Å². The highest BCUT2D eigenvalue weighted by Gasteiger charge is 2.17. The van der Waals surface area contributed by atoms with Crippen molar-refractivity contribution in [3.63, 3.8) is 0 Å². The van der Waals surface area contributed by atoms with Crippen LogP contribution in [0.3, 0.4) is 0 Å². The Kier molecular flexibility index (Phi) is 6.08. The molecule has 1 heterocycles. The zero-order valence-corrected chi connectivity index (χ0v) is 20.1. The number of hydrogen-bond acceptors (Lipinski definition) is 4. The van der Waals surface area contributed by atoms with Gasteiger partial charge in [0.2, 0.25) is 0 Å². The van der Waals surface area contributed by atoms with Crippen LogP contribution in [0, 0.1) is 5.82 Å². The van der Waals surface area contributed by atoms with Gasteiger partial charge in [0.1, 0.15) is 5.82 Å². The van der Waals surface area contributed by atoms with Gasteiger partial charge in [-0.25, -0.2) is 12.8 Å². The van der Waals surface area contributed by atoms with E-state index in [1.54, 1.807) is 30.5 Å². The fourth-order valence-corrected chi connectivity index (χ4v) is 4.69. The van der Waals surface area contributed by atoms with Crippen LogP contribution in [0.2, 0.25) is 0 Å². The van der Waals surface area contributed by atoms with Gasteiger partial charge in [0, 0.05) is 11.8 Å². The van der Waals surface area contributed by atoms with Crippen molar-refractivity contribution in [3.05, 3.63) is 125 Å². The first-order valence-corrected chi connectivity index (χ1v) is 13.0. The van der Waals surface area contributed by atoms with Crippen LogP contribution in [-0.4, -0.2) is 24.5 Å². The van der Waals surface area contributed by atoms with Crippen LogP contribution in [0.25, 0.3) is 39.1 Å². The highest BCUT2D eigenvalue weighted by molar-refractivity contribution is 7.90. The van der Waals surface area contributed by atoms with E-state index >= 15 is 0 Å². The summed E-state index contributed by atoms with van der Waals surface area (Å²) in [6.45, 7) is 0. The SMILES string of the molecule is CS(=O)(=O)c1ccc(-c2cnn(-c3ccc(-c4ccccc4)cc3)c(=O)c2-c2ccc(F)cc2)cc1. The summed E-state index contributed by atoms with van der Waals surface area (Å²) < 4.78 is 38.7. The summed E-state index contributed by atoms with van der Waals surface area (Å²) in [6, 6.07) is 29.3. The molecule has 5 aromatic rings. The molecule has 0 N–H and O–H groups in total. The van der Waals surface area contributed by atoms with E-state index in [1.165, 1.54) is 28.9 Å². The molecule has 0 saturated carbocycles. The Hall–Kier alpha value is -4.36. The number of benzene rings is 4. The van der Waals surface area contributed by atoms with Gasteiger partial charge in [-0.3, -0.25) is 4.79 Å².